The van der Waals surface area contributed by atoms with Crippen molar-refractivity contribution in [2.45, 2.75) is 77.2 Å². The molecule has 1 aliphatic heterocycles. The van der Waals surface area contributed by atoms with Gasteiger partial charge in [-0.2, -0.15) is 0 Å². The van der Waals surface area contributed by atoms with Crippen LogP contribution in [0.15, 0.2) is 24.3 Å². The summed E-state index contributed by atoms with van der Waals surface area (Å²) in [5.41, 5.74) is -0.312. The fraction of sp³-hybridized carbons (Fsp3) is 0.632. The molecule has 1 aliphatic rings. The van der Waals surface area contributed by atoms with Crippen molar-refractivity contribution in [3.63, 3.8) is 0 Å². The Morgan fingerprint density at radius 1 is 1.38 bits per heavy atom. The molecule has 0 aliphatic carbocycles. The summed E-state index contributed by atoms with van der Waals surface area (Å²) < 4.78 is 5.60. The molecule has 1 aromatic rings. The maximum Gasteiger partial charge on any atom is 0.411 e. The third-order valence-corrected chi connectivity index (χ3v) is 4.79. The largest absolute Gasteiger partial charge is 0.444 e. The van der Waals surface area contributed by atoms with E-state index in [2.05, 4.69) is 0 Å². The van der Waals surface area contributed by atoms with Crippen LogP contribution in [0, 0.1) is 0 Å². The van der Waals surface area contributed by atoms with Crippen molar-refractivity contribution in [1.29, 1.82) is 0 Å². The van der Waals surface area contributed by atoms with E-state index in [4.69, 9.17) is 16.3 Å². The summed E-state index contributed by atoms with van der Waals surface area (Å²) in [5.74, 6) is 0. The van der Waals surface area contributed by atoms with Crippen LogP contribution < -0.4 is 0 Å². The number of likely N-dealkylation sites (tertiary alicyclic amines) is 1. The highest BCUT2D eigenvalue weighted by molar-refractivity contribution is 6.31. The van der Waals surface area contributed by atoms with Crippen molar-refractivity contribution in [2.24, 2.45) is 0 Å². The number of nitrogens with zero attached hydrogens (tertiary/aromatic N) is 1. The first kappa shape index (κ1) is 19.1. The SMILES string of the molecule is CC(C)(C)OC(=O)N1[C@@H]([C@@H](O)c2ccccc2Cl)CCCC1(C)C. The van der Waals surface area contributed by atoms with E-state index in [1.165, 1.54) is 0 Å². The molecule has 134 valence electrons. The summed E-state index contributed by atoms with van der Waals surface area (Å²) in [4.78, 5) is 14.5. The number of rotatable bonds is 2. The van der Waals surface area contributed by atoms with Gasteiger partial charge in [-0.15, -0.1) is 0 Å². The third-order valence-electron chi connectivity index (χ3n) is 4.45. The Hall–Kier alpha value is -1.26. The number of aliphatic hydroxyl groups excluding tert-OH is 1. The highest BCUT2D eigenvalue weighted by Crippen LogP contribution is 2.39. The Kier molecular flexibility index (Phi) is 5.50. The Morgan fingerprint density at radius 2 is 2.00 bits per heavy atom. The second-order valence-electron chi connectivity index (χ2n) is 8.09. The molecule has 4 nitrogen and oxygen atoms in total. The van der Waals surface area contributed by atoms with Crippen molar-refractivity contribution >= 4 is 17.7 Å². The first-order chi connectivity index (χ1) is 11.0. The number of aliphatic hydroxyl groups is 1. The zero-order valence-corrected chi connectivity index (χ0v) is 15.9. The lowest BCUT2D eigenvalue weighted by Crippen LogP contribution is -2.58. The van der Waals surface area contributed by atoms with Crippen molar-refractivity contribution in [3.8, 4) is 0 Å². The minimum absolute atomic E-state index is 0.358. The number of halogens is 1. The molecule has 1 amide bonds. The van der Waals surface area contributed by atoms with Crippen LogP contribution in [0.5, 0.6) is 0 Å². The summed E-state index contributed by atoms with van der Waals surface area (Å²) in [7, 11) is 0. The molecule has 5 heteroatoms. The molecular formula is C19H28ClNO3. The quantitative estimate of drug-likeness (QED) is 0.819. The molecule has 1 saturated heterocycles. The Labute approximate surface area is 149 Å². The molecule has 2 rings (SSSR count). The van der Waals surface area contributed by atoms with Crippen LogP contribution in [-0.2, 0) is 4.74 Å². The Balaban J connectivity index is 2.35. The van der Waals surface area contributed by atoms with Gasteiger partial charge in [-0.1, -0.05) is 29.8 Å². The van der Waals surface area contributed by atoms with Crippen LogP contribution in [0.2, 0.25) is 5.02 Å². The van der Waals surface area contributed by atoms with E-state index >= 15 is 0 Å². The molecule has 0 spiro atoms. The summed E-state index contributed by atoms with van der Waals surface area (Å²) in [6.07, 6.45) is 1.31. The van der Waals surface area contributed by atoms with Gasteiger partial charge in [0.2, 0.25) is 0 Å². The predicted octanol–water partition coefficient (Wildman–Crippen LogP) is 4.94. The average Bonchev–Trinajstić information content (AvgIpc) is 2.43. The van der Waals surface area contributed by atoms with Crippen molar-refractivity contribution in [3.05, 3.63) is 34.9 Å². The van der Waals surface area contributed by atoms with Crippen LogP contribution in [-0.4, -0.2) is 33.3 Å². The van der Waals surface area contributed by atoms with E-state index < -0.39 is 11.7 Å². The van der Waals surface area contributed by atoms with Gasteiger partial charge in [-0.05, 0) is 59.9 Å². The van der Waals surface area contributed by atoms with Crippen LogP contribution in [0.4, 0.5) is 4.79 Å². The molecule has 24 heavy (non-hydrogen) atoms. The number of hydrogen-bond donors (Lipinski definition) is 1. The number of ether oxygens (including phenoxy) is 1. The highest BCUT2D eigenvalue weighted by atomic mass is 35.5. The zero-order chi connectivity index (χ0) is 18.1. The lowest BCUT2D eigenvalue weighted by atomic mass is 9.83. The first-order valence-corrected chi connectivity index (χ1v) is 8.85. The predicted molar refractivity (Wildman–Crippen MR) is 96.2 cm³/mol. The second-order valence-corrected chi connectivity index (χ2v) is 8.50. The topological polar surface area (TPSA) is 49.8 Å². The van der Waals surface area contributed by atoms with Gasteiger partial charge in [-0.25, -0.2) is 4.79 Å². The van der Waals surface area contributed by atoms with E-state index in [0.717, 1.165) is 19.3 Å². The minimum atomic E-state index is -0.842. The van der Waals surface area contributed by atoms with E-state index in [0.29, 0.717) is 10.6 Å². The van der Waals surface area contributed by atoms with E-state index in [1.807, 2.05) is 52.8 Å². The summed E-state index contributed by atoms with van der Waals surface area (Å²) in [6.45, 7) is 9.58. The highest BCUT2D eigenvalue weighted by Gasteiger charge is 2.44. The average molecular weight is 354 g/mol. The molecule has 0 saturated carbocycles. The van der Waals surface area contributed by atoms with E-state index in [1.54, 1.807) is 11.0 Å². The van der Waals surface area contributed by atoms with Gasteiger partial charge in [0.1, 0.15) is 11.7 Å². The summed E-state index contributed by atoms with van der Waals surface area (Å²) >= 11 is 6.25. The molecule has 1 fully saturated rings. The first-order valence-electron chi connectivity index (χ1n) is 8.48. The molecule has 1 heterocycles. The van der Waals surface area contributed by atoms with E-state index in [9.17, 15) is 9.90 Å². The van der Waals surface area contributed by atoms with Crippen molar-refractivity contribution in [1.82, 2.24) is 4.90 Å². The maximum atomic E-state index is 12.8. The van der Waals surface area contributed by atoms with Gasteiger partial charge in [0.05, 0.1) is 6.04 Å². The zero-order valence-electron chi connectivity index (χ0n) is 15.2. The van der Waals surface area contributed by atoms with Gasteiger partial charge in [0, 0.05) is 16.1 Å². The second kappa shape index (κ2) is 6.93. The van der Waals surface area contributed by atoms with Gasteiger partial charge in [-0.3, -0.25) is 4.90 Å². The summed E-state index contributed by atoms with van der Waals surface area (Å²) in [6, 6.07) is 6.88. The van der Waals surface area contributed by atoms with Gasteiger partial charge in [0.25, 0.3) is 0 Å². The number of carbonyl (C=O) groups is 1. The number of hydrogen-bond acceptors (Lipinski definition) is 3. The monoisotopic (exact) mass is 353 g/mol. The minimum Gasteiger partial charge on any atom is -0.444 e. The van der Waals surface area contributed by atoms with Crippen LogP contribution in [0.25, 0.3) is 0 Å². The van der Waals surface area contributed by atoms with Crippen LogP contribution in [0.1, 0.15) is 65.5 Å². The normalized spacial score (nSPS) is 22.1. The molecule has 1 aromatic carbocycles. The van der Waals surface area contributed by atoms with Crippen LogP contribution >= 0.6 is 11.6 Å². The molecular weight excluding hydrogens is 326 g/mol. The maximum absolute atomic E-state index is 12.8. The molecule has 0 bridgehead atoms. The van der Waals surface area contributed by atoms with Crippen LogP contribution in [0.3, 0.4) is 0 Å². The van der Waals surface area contributed by atoms with E-state index in [-0.39, 0.29) is 17.7 Å². The molecule has 0 aromatic heterocycles. The van der Waals surface area contributed by atoms with Gasteiger partial charge < -0.3 is 9.84 Å². The van der Waals surface area contributed by atoms with Crippen molar-refractivity contribution in [2.75, 3.05) is 0 Å². The Bertz CT molecular complexity index is 595. The number of benzene rings is 1. The third kappa shape index (κ3) is 4.22. The fourth-order valence-corrected chi connectivity index (χ4v) is 3.60. The summed E-state index contributed by atoms with van der Waals surface area (Å²) in [5, 5.41) is 11.5. The fourth-order valence-electron chi connectivity index (χ4n) is 3.36. The number of carbonyl (C=O) groups excluding carboxylic acids is 1. The van der Waals surface area contributed by atoms with Gasteiger partial charge >= 0.3 is 6.09 Å². The van der Waals surface area contributed by atoms with Gasteiger partial charge in [0.15, 0.2) is 0 Å². The Morgan fingerprint density at radius 3 is 2.58 bits per heavy atom. The number of piperidine rings is 1. The molecule has 0 radical (unpaired) electrons. The number of amides is 1. The smallest absolute Gasteiger partial charge is 0.411 e. The molecule has 1 N–H and O–H groups in total. The standard InChI is InChI=1S/C19H28ClNO3/c1-18(2,3)24-17(23)21-15(11-8-12-19(21,4)5)16(22)13-9-6-7-10-14(13)20/h6-7,9-10,15-16,22H,8,11-12H2,1-5H3/t15-,16+/m1/s1. The van der Waals surface area contributed by atoms with Crippen molar-refractivity contribution < 1.29 is 14.6 Å². The lowest BCUT2D eigenvalue weighted by Gasteiger charge is -2.49. The lowest BCUT2D eigenvalue weighted by molar-refractivity contribution is -0.0575. The molecule has 2 atom stereocenters. The molecule has 0 unspecified atom stereocenters.